The number of aliphatic carboxylic acids is 1. The van der Waals surface area contributed by atoms with Crippen molar-refractivity contribution in [1.82, 2.24) is 4.90 Å². The average molecular weight is 217 g/mol. The number of hydrogen-bond acceptors (Lipinski definition) is 2. The molecule has 3 nitrogen and oxygen atoms in total. The van der Waals surface area contributed by atoms with E-state index in [9.17, 15) is 14.3 Å². The maximum atomic E-state index is 12.0. The van der Waals surface area contributed by atoms with Gasteiger partial charge in [0, 0.05) is 13.1 Å². The fraction of sp³-hybridized carbons (Fsp3) is 0.909. The molecule has 0 spiro atoms. The second kappa shape index (κ2) is 5.45. The normalized spacial score (nSPS) is 27.1. The fourth-order valence-electron chi connectivity index (χ4n) is 2.40. The number of carbonyl (C=O) groups is 1. The summed E-state index contributed by atoms with van der Waals surface area (Å²) in [7, 11) is 0. The van der Waals surface area contributed by atoms with Crippen molar-refractivity contribution in [2.24, 2.45) is 5.41 Å². The van der Waals surface area contributed by atoms with Gasteiger partial charge in [0.1, 0.15) is 0 Å². The molecule has 1 aliphatic heterocycles. The molecular weight excluding hydrogens is 197 g/mol. The second-order valence-electron chi connectivity index (χ2n) is 4.40. The molecule has 0 radical (unpaired) electrons. The van der Waals surface area contributed by atoms with Crippen LogP contribution < -0.4 is 0 Å². The molecule has 1 rings (SSSR count). The molecule has 0 aromatic carbocycles. The molecule has 1 saturated heterocycles. The van der Waals surface area contributed by atoms with Crippen LogP contribution in [0.2, 0.25) is 0 Å². The maximum Gasteiger partial charge on any atom is 0.310 e. The van der Waals surface area contributed by atoms with Gasteiger partial charge in [0.2, 0.25) is 0 Å². The number of halogens is 1. The molecule has 1 unspecified atom stereocenters. The Hall–Kier alpha value is -0.640. The first-order valence-corrected chi connectivity index (χ1v) is 5.66. The highest BCUT2D eigenvalue weighted by Crippen LogP contribution is 2.35. The van der Waals surface area contributed by atoms with Crippen LogP contribution in [0, 0.1) is 5.41 Å². The molecule has 0 aromatic rings. The molecule has 0 bridgehead atoms. The Morgan fingerprint density at radius 2 is 2.33 bits per heavy atom. The summed E-state index contributed by atoms with van der Waals surface area (Å²) in [5.74, 6) is -0.688. The minimum absolute atomic E-state index is 0.315. The van der Waals surface area contributed by atoms with Crippen LogP contribution in [-0.2, 0) is 4.79 Å². The van der Waals surface area contributed by atoms with Gasteiger partial charge in [0.15, 0.2) is 0 Å². The molecule has 0 aromatic heterocycles. The Bertz CT molecular complexity index is 223. The molecule has 88 valence electrons. The Morgan fingerprint density at radius 3 is 2.87 bits per heavy atom. The van der Waals surface area contributed by atoms with E-state index in [-0.39, 0.29) is 6.67 Å². The standard InChI is InChI=1S/C11H20FNO2/c1-2-4-11(10(14)15)5-8-13(9-11)7-3-6-12/h2-9H2,1H3,(H,14,15). The van der Waals surface area contributed by atoms with E-state index in [0.29, 0.717) is 25.9 Å². The third-order valence-electron chi connectivity index (χ3n) is 3.22. The number of hydrogen-bond donors (Lipinski definition) is 1. The minimum atomic E-state index is -0.688. The van der Waals surface area contributed by atoms with Crippen LogP contribution in [0.1, 0.15) is 32.6 Å². The van der Waals surface area contributed by atoms with Crippen molar-refractivity contribution in [1.29, 1.82) is 0 Å². The zero-order valence-electron chi connectivity index (χ0n) is 9.34. The van der Waals surface area contributed by atoms with E-state index in [4.69, 9.17) is 0 Å². The molecule has 0 amide bonds. The van der Waals surface area contributed by atoms with Crippen molar-refractivity contribution >= 4 is 5.97 Å². The molecule has 1 N–H and O–H groups in total. The van der Waals surface area contributed by atoms with Crippen LogP contribution in [0.3, 0.4) is 0 Å². The van der Waals surface area contributed by atoms with Gasteiger partial charge in [0.25, 0.3) is 0 Å². The summed E-state index contributed by atoms with van der Waals surface area (Å²) in [5, 5.41) is 9.24. The summed E-state index contributed by atoms with van der Waals surface area (Å²) in [6.07, 6.45) is 2.85. The first-order valence-electron chi connectivity index (χ1n) is 5.66. The predicted molar refractivity (Wildman–Crippen MR) is 56.6 cm³/mol. The third-order valence-corrected chi connectivity index (χ3v) is 3.22. The zero-order chi connectivity index (χ0) is 11.3. The first kappa shape index (κ1) is 12.4. The van der Waals surface area contributed by atoms with Crippen molar-refractivity contribution in [2.75, 3.05) is 26.3 Å². The largest absolute Gasteiger partial charge is 0.481 e. The van der Waals surface area contributed by atoms with Crippen molar-refractivity contribution in [3.63, 3.8) is 0 Å². The van der Waals surface area contributed by atoms with Crippen molar-refractivity contribution in [3.8, 4) is 0 Å². The SMILES string of the molecule is CCCC1(C(=O)O)CCN(CCCF)C1. The fourth-order valence-corrected chi connectivity index (χ4v) is 2.40. The van der Waals surface area contributed by atoms with Crippen LogP contribution in [0.15, 0.2) is 0 Å². The van der Waals surface area contributed by atoms with Gasteiger partial charge in [0.05, 0.1) is 12.1 Å². The molecule has 1 fully saturated rings. The third kappa shape index (κ3) is 2.91. The highest BCUT2D eigenvalue weighted by molar-refractivity contribution is 5.75. The van der Waals surface area contributed by atoms with E-state index < -0.39 is 11.4 Å². The summed E-state index contributed by atoms with van der Waals surface area (Å²) in [4.78, 5) is 13.3. The van der Waals surface area contributed by atoms with E-state index in [2.05, 4.69) is 4.90 Å². The van der Waals surface area contributed by atoms with E-state index in [0.717, 1.165) is 19.4 Å². The number of carboxylic acids is 1. The molecule has 1 atom stereocenters. The maximum absolute atomic E-state index is 12.0. The quantitative estimate of drug-likeness (QED) is 0.739. The number of likely N-dealkylation sites (tertiary alicyclic amines) is 1. The lowest BCUT2D eigenvalue weighted by Crippen LogP contribution is -2.35. The molecular formula is C11H20FNO2. The topological polar surface area (TPSA) is 40.5 Å². The van der Waals surface area contributed by atoms with Crippen LogP contribution >= 0.6 is 0 Å². The molecule has 4 heteroatoms. The second-order valence-corrected chi connectivity index (χ2v) is 4.40. The Labute approximate surface area is 90.3 Å². The van der Waals surface area contributed by atoms with Gasteiger partial charge in [-0.25, -0.2) is 0 Å². The molecule has 15 heavy (non-hydrogen) atoms. The van der Waals surface area contributed by atoms with Crippen molar-refractivity contribution < 1.29 is 14.3 Å². The van der Waals surface area contributed by atoms with Crippen LogP contribution in [0.4, 0.5) is 4.39 Å². The highest BCUT2D eigenvalue weighted by Gasteiger charge is 2.43. The summed E-state index contributed by atoms with van der Waals surface area (Å²) >= 11 is 0. The Balaban J connectivity index is 2.52. The van der Waals surface area contributed by atoms with Gasteiger partial charge >= 0.3 is 5.97 Å². The van der Waals surface area contributed by atoms with Gasteiger partial charge in [-0.1, -0.05) is 13.3 Å². The van der Waals surface area contributed by atoms with Crippen molar-refractivity contribution in [3.05, 3.63) is 0 Å². The zero-order valence-corrected chi connectivity index (χ0v) is 9.34. The summed E-state index contributed by atoms with van der Waals surface area (Å²) in [5.41, 5.74) is -0.564. The minimum Gasteiger partial charge on any atom is -0.481 e. The number of nitrogens with zero attached hydrogens (tertiary/aromatic N) is 1. The Morgan fingerprint density at radius 1 is 1.60 bits per heavy atom. The van der Waals surface area contributed by atoms with Crippen molar-refractivity contribution in [2.45, 2.75) is 32.6 Å². The smallest absolute Gasteiger partial charge is 0.310 e. The van der Waals surface area contributed by atoms with E-state index >= 15 is 0 Å². The highest BCUT2D eigenvalue weighted by atomic mass is 19.1. The van der Waals surface area contributed by atoms with E-state index in [1.165, 1.54) is 0 Å². The number of alkyl halides is 1. The average Bonchev–Trinajstić information content (AvgIpc) is 2.60. The van der Waals surface area contributed by atoms with Crippen LogP contribution in [0.25, 0.3) is 0 Å². The molecule has 0 aliphatic carbocycles. The predicted octanol–water partition coefficient (Wildman–Crippen LogP) is 1.92. The summed E-state index contributed by atoms with van der Waals surface area (Å²) < 4.78 is 12.0. The van der Waals surface area contributed by atoms with E-state index in [1.807, 2.05) is 6.92 Å². The summed E-state index contributed by atoms with van der Waals surface area (Å²) in [6.45, 7) is 3.77. The lowest BCUT2D eigenvalue weighted by Gasteiger charge is -2.24. The Kier molecular flexibility index (Phi) is 4.51. The lowest BCUT2D eigenvalue weighted by atomic mass is 9.83. The molecule has 0 saturated carbocycles. The molecule has 1 aliphatic rings. The number of carboxylic acid groups (broad SMARTS) is 1. The van der Waals surface area contributed by atoms with Crippen LogP contribution in [-0.4, -0.2) is 42.3 Å². The monoisotopic (exact) mass is 217 g/mol. The van der Waals surface area contributed by atoms with Gasteiger partial charge in [-0.2, -0.15) is 0 Å². The van der Waals surface area contributed by atoms with Gasteiger partial charge in [-0.05, 0) is 25.8 Å². The van der Waals surface area contributed by atoms with Crippen LogP contribution in [0.5, 0.6) is 0 Å². The van der Waals surface area contributed by atoms with Gasteiger partial charge < -0.3 is 10.0 Å². The first-order chi connectivity index (χ1) is 7.14. The van der Waals surface area contributed by atoms with E-state index in [1.54, 1.807) is 0 Å². The number of rotatable bonds is 6. The molecule has 1 heterocycles. The summed E-state index contributed by atoms with van der Waals surface area (Å²) in [6, 6.07) is 0. The van der Waals surface area contributed by atoms with Gasteiger partial charge in [-0.15, -0.1) is 0 Å². The lowest BCUT2D eigenvalue weighted by molar-refractivity contribution is -0.148. The van der Waals surface area contributed by atoms with Gasteiger partial charge in [-0.3, -0.25) is 9.18 Å².